The number of hydrogen-bond donors (Lipinski definition) is 2. The molecule has 0 amide bonds. The Kier molecular flexibility index (Phi) is 4.62. The monoisotopic (exact) mass is 235 g/mol. The molecule has 0 radical (unpaired) electrons. The van der Waals surface area contributed by atoms with E-state index in [9.17, 15) is 10.2 Å². The highest BCUT2D eigenvalue weighted by molar-refractivity contribution is 6.30. The Morgan fingerprint density at radius 2 is 2.07 bits per heavy atom. The molecule has 0 saturated heterocycles. The first-order valence-electron chi connectivity index (χ1n) is 4.17. The molecular formula is C9H11Cl2NO2. The van der Waals surface area contributed by atoms with E-state index in [0.29, 0.717) is 22.9 Å². The van der Waals surface area contributed by atoms with Crippen molar-refractivity contribution in [2.24, 2.45) is 0 Å². The fraction of sp³-hybridized carbons (Fsp3) is 0.444. The first-order valence-corrected chi connectivity index (χ1v) is 5.09. The summed E-state index contributed by atoms with van der Waals surface area (Å²) in [5.41, 5.74) is 0.495. The molecule has 2 N–H and O–H groups in total. The maximum Gasteiger partial charge on any atom is 0.106 e. The van der Waals surface area contributed by atoms with Gasteiger partial charge >= 0.3 is 0 Å². The predicted octanol–water partition coefficient (Wildman–Crippen LogP) is 1.76. The maximum atomic E-state index is 9.64. The van der Waals surface area contributed by atoms with Crippen molar-refractivity contribution >= 4 is 23.2 Å². The zero-order chi connectivity index (χ0) is 10.6. The van der Waals surface area contributed by atoms with E-state index in [1.807, 2.05) is 0 Å². The van der Waals surface area contributed by atoms with Gasteiger partial charge < -0.3 is 10.2 Å². The van der Waals surface area contributed by atoms with Crippen LogP contribution in [0.4, 0.5) is 0 Å². The van der Waals surface area contributed by atoms with Crippen LogP contribution < -0.4 is 0 Å². The summed E-state index contributed by atoms with van der Waals surface area (Å²) in [4.78, 5) is 3.81. The molecule has 0 spiro atoms. The molecule has 5 heteroatoms. The quantitative estimate of drug-likeness (QED) is 0.783. The average Bonchev–Trinajstić information content (AvgIpc) is 2.17. The molecule has 0 fully saturated rings. The summed E-state index contributed by atoms with van der Waals surface area (Å²) in [6.45, 7) is 0. The van der Waals surface area contributed by atoms with Crippen molar-refractivity contribution in [1.29, 1.82) is 0 Å². The molecule has 1 heterocycles. The normalized spacial score (nSPS) is 15.1. The van der Waals surface area contributed by atoms with Gasteiger partial charge in [-0.15, -0.1) is 11.6 Å². The molecule has 78 valence electrons. The summed E-state index contributed by atoms with van der Waals surface area (Å²) in [6, 6.07) is 1.57. The van der Waals surface area contributed by atoms with E-state index < -0.39 is 12.2 Å². The Hall–Kier alpha value is -0.350. The van der Waals surface area contributed by atoms with Gasteiger partial charge in [0.15, 0.2) is 0 Å². The average molecular weight is 236 g/mol. The highest BCUT2D eigenvalue weighted by Gasteiger charge is 2.17. The van der Waals surface area contributed by atoms with Crippen molar-refractivity contribution in [1.82, 2.24) is 4.98 Å². The molecule has 2 atom stereocenters. The summed E-state index contributed by atoms with van der Waals surface area (Å²) >= 11 is 11.1. The molecule has 1 aromatic rings. The minimum Gasteiger partial charge on any atom is -0.390 e. The third-order valence-electron chi connectivity index (χ3n) is 1.84. The standard InChI is InChI=1S/C9H11Cl2NO2/c10-2-1-8(13)9(14)6-3-7(11)5-12-4-6/h3-5,8-9,13-14H,1-2H2. The molecule has 3 nitrogen and oxygen atoms in total. The Bertz CT molecular complexity index is 296. The van der Waals surface area contributed by atoms with Crippen molar-refractivity contribution in [3.8, 4) is 0 Å². The first-order chi connectivity index (χ1) is 6.65. The Morgan fingerprint density at radius 1 is 1.36 bits per heavy atom. The number of nitrogens with zero attached hydrogens (tertiary/aromatic N) is 1. The van der Waals surface area contributed by atoms with E-state index in [1.165, 1.54) is 12.4 Å². The van der Waals surface area contributed by atoms with E-state index in [2.05, 4.69) is 4.98 Å². The second kappa shape index (κ2) is 5.51. The number of pyridine rings is 1. The van der Waals surface area contributed by atoms with Gasteiger partial charge in [0, 0.05) is 23.8 Å². The zero-order valence-electron chi connectivity index (χ0n) is 7.40. The van der Waals surface area contributed by atoms with Crippen LogP contribution in [0.3, 0.4) is 0 Å². The zero-order valence-corrected chi connectivity index (χ0v) is 8.91. The smallest absolute Gasteiger partial charge is 0.106 e. The summed E-state index contributed by atoms with van der Waals surface area (Å²) in [6.07, 6.45) is 1.39. The number of aliphatic hydroxyl groups is 2. The van der Waals surface area contributed by atoms with E-state index in [-0.39, 0.29) is 0 Å². The Labute approximate surface area is 92.3 Å². The summed E-state index contributed by atoms with van der Waals surface area (Å²) in [5, 5.41) is 19.5. The first kappa shape index (κ1) is 11.7. The Balaban J connectivity index is 2.73. The van der Waals surface area contributed by atoms with Gasteiger partial charge in [-0.3, -0.25) is 4.98 Å². The fourth-order valence-electron chi connectivity index (χ4n) is 1.08. The highest BCUT2D eigenvalue weighted by Crippen LogP contribution is 2.20. The van der Waals surface area contributed by atoms with Gasteiger partial charge in [-0.25, -0.2) is 0 Å². The van der Waals surface area contributed by atoms with Crippen molar-refractivity contribution in [3.63, 3.8) is 0 Å². The van der Waals surface area contributed by atoms with Crippen LogP contribution in [0.2, 0.25) is 5.02 Å². The molecule has 0 bridgehead atoms. The van der Waals surface area contributed by atoms with Crippen molar-refractivity contribution < 1.29 is 10.2 Å². The predicted molar refractivity (Wildman–Crippen MR) is 55.6 cm³/mol. The van der Waals surface area contributed by atoms with Crippen LogP contribution in [0.5, 0.6) is 0 Å². The fourth-order valence-corrected chi connectivity index (χ4v) is 1.49. The van der Waals surface area contributed by atoms with E-state index in [4.69, 9.17) is 23.2 Å². The molecule has 1 aromatic heterocycles. The van der Waals surface area contributed by atoms with Gasteiger partial charge in [0.05, 0.1) is 11.1 Å². The molecule has 0 aliphatic carbocycles. The highest BCUT2D eigenvalue weighted by atomic mass is 35.5. The number of aliphatic hydroxyl groups excluding tert-OH is 2. The van der Waals surface area contributed by atoms with E-state index >= 15 is 0 Å². The minimum atomic E-state index is -0.986. The lowest BCUT2D eigenvalue weighted by Crippen LogP contribution is -2.18. The van der Waals surface area contributed by atoms with Crippen molar-refractivity contribution in [3.05, 3.63) is 29.0 Å². The minimum absolute atomic E-state index is 0.298. The largest absolute Gasteiger partial charge is 0.390 e. The van der Waals surface area contributed by atoms with Gasteiger partial charge in [-0.1, -0.05) is 11.6 Å². The summed E-state index contributed by atoms with van der Waals surface area (Å²) < 4.78 is 0. The third-order valence-corrected chi connectivity index (χ3v) is 2.26. The topological polar surface area (TPSA) is 53.4 Å². The van der Waals surface area contributed by atoms with Crippen LogP contribution in [0.15, 0.2) is 18.5 Å². The molecule has 0 aromatic carbocycles. The summed E-state index contributed by atoms with van der Waals surface area (Å²) in [7, 11) is 0. The van der Waals surface area contributed by atoms with E-state index in [1.54, 1.807) is 6.07 Å². The third kappa shape index (κ3) is 3.10. The van der Waals surface area contributed by atoms with Crippen molar-refractivity contribution in [2.45, 2.75) is 18.6 Å². The number of hydrogen-bond acceptors (Lipinski definition) is 3. The number of aromatic nitrogens is 1. The molecule has 14 heavy (non-hydrogen) atoms. The number of rotatable bonds is 4. The van der Waals surface area contributed by atoms with Gasteiger partial charge in [-0.05, 0) is 12.5 Å². The van der Waals surface area contributed by atoms with Crippen LogP contribution >= 0.6 is 23.2 Å². The lowest BCUT2D eigenvalue weighted by molar-refractivity contribution is 0.0168. The molecule has 2 unspecified atom stereocenters. The molecule has 0 saturated carbocycles. The molecular weight excluding hydrogens is 225 g/mol. The Morgan fingerprint density at radius 3 is 2.64 bits per heavy atom. The van der Waals surface area contributed by atoms with Crippen LogP contribution in [0.1, 0.15) is 18.1 Å². The van der Waals surface area contributed by atoms with Gasteiger partial charge in [-0.2, -0.15) is 0 Å². The number of alkyl halides is 1. The van der Waals surface area contributed by atoms with Crippen LogP contribution in [-0.2, 0) is 0 Å². The second-order valence-corrected chi connectivity index (χ2v) is 3.74. The molecule has 0 aliphatic rings. The molecule has 1 rings (SSSR count). The van der Waals surface area contributed by atoms with Crippen LogP contribution in [-0.4, -0.2) is 27.2 Å². The van der Waals surface area contributed by atoms with Crippen LogP contribution in [0.25, 0.3) is 0 Å². The van der Waals surface area contributed by atoms with Gasteiger partial charge in [0.1, 0.15) is 6.10 Å². The number of halogens is 2. The lowest BCUT2D eigenvalue weighted by atomic mass is 10.1. The van der Waals surface area contributed by atoms with Gasteiger partial charge in [0.2, 0.25) is 0 Å². The maximum absolute atomic E-state index is 9.64. The van der Waals surface area contributed by atoms with Crippen LogP contribution in [0, 0.1) is 0 Å². The lowest BCUT2D eigenvalue weighted by Gasteiger charge is -2.16. The summed E-state index contributed by atoms with van der Waals surface area (Å²) in [5.74, 6) is 0.298. The SMILES string of the molecule is OC(CCCl)C(O)c1cncc(Cl)c1. The van der Waals surface area contributed by atoms with Gasteiger partial charge in [0.25, 0.3) is 0 Å². The second-order valence-electron chi connectivity index (χ2n) is 2.93. The van der Waals surface area contributed by atoms with Crippen molar-refractivity contribution in [2.75, 3.05) is 5.88 Å². The van der Waals surface area contributed by atoms with E-state index in [0.717, 1.165) is 0 Å². The molecule has 0 aliphatic heterocycles.